The molecule has 0 heterocycles. The van der Waals surface area contributed by atoms with Crippen molar-refractivity contribution >= 4 is 5.69 Å². The molecule has 88 valence electrons. The topological polar surface area (TPSA) is 29.3 Å². The number of nitrogens with zero attached hydrogens (tertiary/aromatic N) is 1. The number of hydrogen-bond donors (Lipinski definition) is 1. The molecule has 0 unspecified atom stereocenters. The van der Waals surface area contributed by atoms with Gasteiger partial charge in [-0.3, -0.25) is 0 Å². The fourth-order valence-electron chi connectivity index (χ4n) is 2.02. The van der Waals surface area contributed by atoms with Crippen LogP contribution in [-0.2, 0) is 0 Å². The van der Waals surface area contributed by atoms with Gasteiger partial charge in [0, 0.05) is 25.3 Å². The molecule has 16 heavy (non-hydrogen) atoms. The minimum atomic E-state index is -0.212. The number of nitrogens with two attached hydrogens (primary N) is 1. The van der Waals surface area contributed by atoms with Gasteiger partial charge in [-0.25, -0.2) is 4.39 Å². The average Bonchev–Trinajstić information content (AvgIpc) is 3.01. The monoisotopic (exact) mass is 222 g/mol. The number of benzene rings is 1. The molecule has 1 aromatic rings. The lowest BCUT2D eigenvalue weighted by molar-refractivity contribution is 0.621. The zero-order chi connectivity index (χ0) is 11.7. The molecule has 0 spiro atoms. The third-order valence-corrected chi connectivity index (χ3v) is 3.12. The van der Waals surface area contributed by atoms with Crippen molar-refractivity contribution in [3.63, 3.8) is 0 Å². The van der Waals surface area contributed by atoms with Crippen molar-refractivity contribution in [2.45, 2.75) is 25.8 Å². The van der Waals surface area contributed by atoms with E-state index in [1.165, 1.54) is 18.9 Å². The Morgan fingerprint density at radius 1 is 1.50 bits per heavy atom. The summed E-state index contributed by atoms with van der Waals surface area (Å²) in [6.45, 7) is 2.94. The summed E-state index contributed by atoms with van der Waals surface area (Å²) in [5.74, 6) is 0.604. The quantitative estimate of drug-likeness (QED) is 0.848. The van der Waals surface area contributed by atoms with Crippen molar-refractivity contribution in [1.82, 2.24) is 0 Å². The van der Waals surface area contributed by atoms with Gasteiger partial charge in [0.25, 0.3) is 0 Å². The molecule has 0 saturated heterocycles. The second-order valence-corrected chi connectivity index (χ2v) is 4.82. The van der Waals surface area contributed by atoms with Crippen LogP contribution in [0, 0.1) is 11.7 Å². The summed E-state index contributed by atoms with van der Waals surface area (Å²) in [6.07, 6.45) is 2.64. The van der Waals surface area contributed by atoms with Crippen LogP contribution in [0.1, 0.15) is 31.4 Å². The molecule has 2 rings (SSSR count). The van der Waals surface area contributed by atoms with Gasteiger partial charge in [-0.05, 0) is 49.4 Å². The molecule has 0 aromatic heterocycles. The predicted octanol–water partition coefficient (Wildman–Crippen LogP) is 2.69. The van der Waals surface area contributed by atoms with Crippen molar-refractivity contribution in [1.29, 1.82) is 0 Å². The van der Waals surface area contributed by atoms with E-state index in [2.05, 4.69) is 11.9 Å². The highest BCUT2D eigenvalue weighted by Gasteiger charge is 2.24. The molecule has 0 aliphatic heterocycles. The summed E-state index contributed by atoms with van der Waals surface area (Å²) in [6, 6.07) is 4.75. The number of rotatable bonds is 4. The highest BCUT2D eigenvalue weighted by Crippen LogP contribution is 2.33. The Labute approximate surface area is 96.2 Å². The van der Waals surface area contributed by atoms with Gasteiger partial charge in [0.1, 0.15) is 5.82 Å². The fourth-order valence-corrected chi connectivity index (χ4v) is 2.02. The fraction of sp³-hybridized carbons (Fsp3) is 0.538. The van der Waals surface area contributed by atoms with E-state index in [4.69, 9.17) is 5.73 Å². The second kappa shape index (κ2) is 4.42. The Kier molecular flexibility index (Phi) is 3.15. The maximum atomic E-state index is 13.2. The van der Waals surface area contributed by atoms with Gasteiger partial charge in [0.15, 0.2) is 0 Å². The predicted molar refractivity (Wildman–Crippen MR) is 65.0 cm³/mol. The van der Waals surface area contributed by atoms with E-state index in [1.807, 2.05) is 13.0 Å². The molecule has 1 aromatic carbocycles. The molecule has 0 amide bonds. The van der Waals surface area contributed by atoms with Crippen LogP contribution in [0.15, 0.2) is 18.2 Å². The van der Waals surface area contributed by atoms with Crippen molar-refractivity contribution in [2.24, 2.45) is 11.7 Å². The van der Waals surface area contributed by atoms with E-state index in [1.54, 1.807) is 6.07 Å². The van der Waals surface area contributed by atoms with Crippen LogP contribution >= 0.6 is 0 Å². The maximum absolute atomic E-state index is 13.2. The molecule has 0 radical (unpaired) electrons. The first-order valence-corrected chi connectivity index (χ1v) is 5.84. The van der Waals surface area contributed by atoms with Gasteiger partial charge >= 0.3 is 0 Å². The molecule has 2 nitrogen and oxygen atoms in total. The second-order valence-electron chi connectivity index (χ2n) is 4.82. The Hall–Kier alpha value is -1.09. The lowest BCUT2D eigenvalue weighted by atomic mass is 10.1. The summed E-state index contributed by atoms with van der Waals surface area (Å²) in [4.78, 5) is 2.19. The van der Waals surface area contributed by atoms with Crippen molar-refractivity contribution in [3.05, 3.63) is 29.6 Å². The molecule has 1 saturated carbocycles. The summed E-state index contributed by atoms with van der Waals surface area (Å²) in [5, 5.41) is 0. The molecule has 2 N–H and O–H groups in total. The molecular formula is C13H19FN2. The van der Waals surface area contributed by atoms with Gasteiger partial charge in [0.05, 0.1) is 0 Å². The molecular weight excluding hydrogens is 203 g/mol. The van der Waals surface area contributed by atoms with E-state index in [0.29, 0.717) is 0 Å². The van der Waals surface area contributed by atoms with Crippen LogP contribution in [0.25, 0.3) is 0 Å². The average molecular weight is 222 g/mol. The Bertz CT molecular complexity index is 372. The lowest BCUT2D eigenvalue weighted by Gasteiger charge is -2.24. The summed E-state index contributed by atoms with van der Waals surface area (Å²) in [5.41, 5.74) is 7.82. The van der Waals surface area contributed by atoms with Gasteiger partial charge < -0.3 is 10.6 Å². The molecule has 1 aliphatic rings. The molecule has 3 heteroatoms. The van der Waals surface area contributed by atoms with Gasteiger partial charge in [-0.2, -0.15) is 0 Å². The SMILES string of the molecule is C[C@H](N)c1cc(F)ccc1N(C)CC1CC1. The normalized spacial score (nSPS) is 17.2. The minimum Gasteiger partial charge on any atom is -0.374 e. The summed E-state index contributed by atoms with van der Waals surface area (Å²) < 4.78 is 13.2. The van der Waals surface area contributed by atoms with E-state index in [0.717, 1.165) is 23.7 Å². The standard InChI is InChI=1S/C13H19FN2/c1-9(15)12-7-11(14)5-6-13(12)16(2)8-10-3-4-10/h5-7,9-10H,3-4,8,15H2,1-2H3/t9-/m0/s1. The maximum Gasteiger partial charge on any atom is 0.123 e. The molecule has 0 bridgehead atoms. The zero-order valence-corrected chi connectivity index (χ0v) is 9.91. The zero-order valence-electron chi connectivity index (χ0n) is 9.91. The first-order chi connectivity index (χ1) is 7.58. The first-order valence-electron chi connectivity index (χ1n) is 5.84. The van der Waals surface area contributed by atoms with Crippen LogP contribution in [0.4, 0.5) is 10.1 Å². The van der Waals surface area contributed by atoms with Crippen molar-refractivity contribution < 1.29 is 4.39 Å². The summed E-state index contributed by atoms with van der Waals surface area (Å²) in [7, 11) is 2.05. The third kappa shape index (κ3) is 2.53. The van der Waals surface area contributed by atoms with Crippen LogP contribution in [0.5, 0.6) is 0 Å². The minimum absolute atomic E-state index is 0.132. The van der Waals surface area contributed by atoms with Crippen LogP contribution < -0.4 is 10.6 Å². The summed E-state index contributed by atoms with van der Waals surface area (Å²) >= 11 is 0. The van der Waals surface area contributed by atoms with Gasteiger partial charge in [-0.1, -0.05) is 0 Å². The Morgan fingerprint density at radius 3 is 2.75 bits per heavy atom. The van der Waals surface area contributed by atoms with Gasteiger partial charge in [-0.15, -0.1) is 0 Å². The first kappa shape index (κ1) is 11.4. The van der Waals surface area contributed by atoms with Crippen molar-refractivity contribution in [2.75, 3.05) is 18.5 Å². The van der Waals surface area contributed by atoms with Crippen LogP contribution in [-0.4, -0.2) is 13.6 Å². The van der Waals surface area contributed by atoms with Crippen molar-refractivity contribution in [3.8, 4) is 0 Å². The van der Waals surface area contributed by atoms with E-state index in [9.17, 15) is 4.39 Å². The number of halogens is 1. The highest BCUT2D eigenvalue weighted by atomic mass is 19.1. The van der Waals surface area contributed by atoms with Crippen LogP contribution in [0.3, 0.4) is 0 Å². The molecule has 1 aliphatic carbocycles. The number of hydrogen-bond acceptors (Lipinski definition) is 2. The Balaban J connectivity index is 2.23. The highest BCUT2D eigenvalue weighted by molar-refractivity contribution is 5.54. The van der Waals surface area contributed by atoms with E-state index in [-0.39, 0.29) is 11.9 Å². The van der Waals surface area contributed by atoms with Crippen LogP contribution in [0.2, 0.25) is 0 Å². The van der Waals surface area contributed by atoms with Gasteiger partial charge in [0.2, 0.25) is 0 Å². The Morgan fingerprint density at radius 2 is 2.19 bits per heavy atom. The van der Waals surface area contributed by atoms with E-state index < -0.39 is 0 Å². The lowest BCUT2D eigenvalue weighted by Crippen LogP contribution is -2.23. The number of anilines is 1. The van der Waals surface area contributed by atoms with E-state index >= 15 is 0 Å². The smallest absolute Gasteiger partial charge is 0.123 e. The third-order valence-electron chi connectivity index (χ3n) is 3.12. The molecule has 1 fully saturated rings. The largest absolute Gasteiger partial charge is 0.374 e. The molecule has 1 atom stereocenters.